The molecule has 2 heteroatoms. The summed E-state index contributed by atoms with van der Waals surface area (Å²) >= 11 is 0. The van der Waals surface area contributed by atoms with Crippen LogP contribution < -0.4 is 0 Å². The molecule has 0 N–H and O–H groups in total. The largest absolute Gasteiger partial charge is 0.303 e. The van der Waals surface area contributed by atoms with Gasteiger partial charge in [0.15, 0.2) is 0 Å². The molecule has 21 heavy (non-hydrogen) atoms. The van der Waals surface area contributed by atoms with Crippen LogP contribution in [0.5, 0.6) is 0 Å². The Morgan fingerprint density at radius 3 is 2.24 bits per heavy atom. The molecule has 0 fully saturated rings. The molecule has 0 bridgehead atoms. The number of hydrogen-bond acceptors (Lipinski definition) is 2. The summed E-state index contributed by atoms with van der Waals surface area (Å²) in [5.74, 6) is 0. The highest BCUT2D eigenvalue weighted by Gasteiger charge is 1.93. The number of aromatic nitrogens is 1. The molecular formula is C19H29NO. The zero-order chi connectivity index (χ0) is 15.0. The Morgan fingerprint density at radius 2 is 1.52 bits per heavy atom. The molecule has 0 atom stereocenters. The van der Waals surface area contributed by atoms with E-state index in [-0.39, 0.29) is 0 Å². The average Bonchev–Trinajstić information content (AvgIpc) is 2.53. The van der Waals surface area contributed by atoms with Crippen molar-refractivity contribution < 1.29 is 4.79 Å². The number of carbonyl (C=O) groups is 1. The third-order valence-corrected chi connectivity index (χ3v) is 3.67. The predicted octanol–water partition coefficient (Wildman–Crippen LogP) is 5.28. The molecule has 0 aliphatic heterocycles. The lowest BCUT2D eigenvalue weighted by molar-refractivity contribution is -0.107. The number of pyridine rings is 1. The molecule has 0 amide bonds. The second-order valence-corrected chi connectivity index (χ2v) is 5.59. The molecule has 0 aliphatic carbocycles. The van der Waals surface area contributed by atoms with E-state index >= 15 is 0 Å². The summed E-state index contributed by atoms with van der Waals surface area (Å²) in [6.45, 7) is 0. The van der Waals surface area contributed by atoms with Crippen LogP contribution in [0.25, 0.3) is 0 Å². The van der Waals surface area contributed by atoms with Crippen LogP contribution in [0.1, 0.15) is 69.8 Å². The standard InChI is InChI=1S/C19H29NO/c21-17-12-10-8-6-4-2-1-3-5-7-9-11-14-19-15-13-16-20-18-19/h2,4,13,15-18H,1,3,5-12,14H2/b4-2-. The number of unbranched alkanes of at least 4 members (excludes halogenated alkanes) is 8. The Hall–Kier alpha value is -1.44. The van der Waals surface area contributed by atoms with Crippen molar-refractivity contribution in [3.63, 3.8) is 0 Å². The van der Waals surface area contributed by atoms with Gasteiger partial charge in [0.2, 0.25) is 0 Å². The van der Waals surface area contributed by atoms with E-state index in [0.29, 0.717) is 6.42 Å². The lowest BCUT2D eigenvalue weighted by atomic mass is 10.1. The average molecular weight is 287 g/mol. The third kappa shape index (κ3) is 10.9. The molecule has 0 aliphatic rings. The van der Waals surface area contributed by atoms with Crippen LogP contribution >= 0.6 is 0 Å². The molecule has 1 aromatic rings. The van der Waals surface area contributed by atoms with E-state index in [1.165, 1.54) is 44.1 Å². The van der Waals surface area contributed by atoms with Gasteiger partial charge in [-0.1, -0.05) is 37.5 Å². The van der Waals surface area contributed by atoms with E-state index in [9.17, 15) is 4.79 Å². The quantitative estimate of drug-likeness (QED) is 0.281. The van der Waals surface area contributed by atoms with Gasteiger partial charge in [0.05, 0.1) is 0 Å². The lowest BCUT2D eigenvalue weighted by Crippen LogP contribution is -1.86. The Kier molecular flexibility index (Phi) is 11.4. The number of allylic oxidation sites excluding steroid dienone is 2. The molecule has 116 valence electrons. The van der Waals surface area contributed by atoms with Crippen molar-refractivity contribution >= 4 is 6.29 Å². The molecule has 0 spiro atoms. The minimum Gasteiger partial charge on any atom is -0.303 e. The van der Waals surface area contributed by atoms with Crippen molar-refractivity contribution in [2.24, 2.45) is 0 Å². The van der Waals surface area contributed by atoms with E-state index in [1.807, 2.05) is 18.5 Å². The van der Waals surface area contributed by atoms with Crippen molar-refractivity contribution in [2.75, 3.05) is 0 Å². The number of aryl methyl sites for hydroxylation is 1. The summed E-state index contributed by atoms with van der Waals surface area (Å²) in [5.41, 5.74) is 1.36. The maximum atomic E-state index is 10.1. The van der Waals surface area contributed by atoms with Gasteiger partial charge in [-0.25, -0.2) is 0 Å². The predicted molar refractivity (Wildman–Crippen MR) is 89.3 cm³/mol. The molecule has 1 heterocycles. The minimum absolute atomic E-state index is 0.715. The van der Waals surface area contributed by atoms with Crippen molar-refractivity contribution in [1.29, 1.82) is 0 Å². The first kappa shape index (κ1) is 17.6. The number of rotatable bonds is 13. The zero-order valence-corrected chi connectivity index (χ0v) is 13.2. The van der Waals surface area contributed by atoms with E-state index in [2.05, 4.69) is 23.2 Å². The van der Waals surface area contributed by atoms with Gasteiger partial charge in [-0.05, 0) is 56.6 Å². The van der Waals surface area contributed by atoms with Gasteiger partial charge in [-0.15, -0.1) is 0 Å². The van der Waals surface area contributed by atoms with Crippen molar-refractivity contribution in [3.05, 3.63) is 42.2 Å². The molecule has 1 aromatic heterocycles. The smallest absolute Gasteiger partial charge is 0.119 e. The Labute approximate surface area is 129 Å². The Balaban J connectivity index is 1.82. The highest BCUT2D eigenvalue weighted by Crippen LogP contribution is 2.09. The fourth-order valence-electron chi connectivity index (χ4n) is 2.39. The summed E-state index contributed by atoms with van der Waals surface area (Å²) in [7, 11) is 0. The van der Waals surface area contributed by atoms with Gasteiger partial charge >= 0.3 is 0 Å². The first-order valence-corrected chi connectivity index (χ1v) is 8.41. The molecular weight excluding hydrogens is 258 g/mol. The van der Waals surface area contributed by atoms with Gasteiger partial charge < -0.3 is 4.79 Å². The second kappa shape index (κ2) is 13.5. The summed E-state index contributed by atoms with van der Waals surface area (Å²) in [4.78, 5) is 14.3. The summed E-state index contributed by atoms with van der Waals surface area (Å²) in [6, 6.07) is 4.17. The number of aldehydes is 1. The van der Waals surface area contributed by atoms with E-state index < -0.39 is 0 Å². The van der Waals surface area contributed by atoms with Gasteiger partial charge in [0, 0.05) is 18.8 Å². The van der Waals surface area contributed by atoms with E-state index in [0.717, 1.165) is 32.0 Å². The summed E-state index contributed by atoms with van der Waals surface area (Å²) in [6.07, 6.45) is 22.3. The monoisotopic (exact) mass is 287 g/mol. The van der Waals surface area contributed by atoms with Gasteiger partial charge in [-0.3, -0.25) is 4.98 Å². The van der Waals surface area contributed by atoms with Crippen LogP contribution in [0.15, 0.2) is 36.7 Å². The van der Waals surface area contributed by atoms with Crippen molar-refractivity contribution in [1.82, 2.24) is 4.98 Å². The number of nitrogens with zero attached hydrogens (tertiary/aromatic N) is 1. The van der Waals surface area contributed by atoms with Gasteiger partial charge in [0.1, 0.15) is 6.29 Å². The van der Waals surface area contributed by atoms with Crippen LogP contribution in [0.2, 0.25) is 0 Å². The SMILES string of the molecule is O=CCCCC/C=C\CCCCCCCc1cccnc1. The number of hydrogen-bond donors (Lipinski definition) is 0. The molecule has 0 aromatic carbocycles. The van der Waals surface area contributed by atoms with Gasteiger partial charge in [-0.2, -0.15) is 0 Å². The molecule has 0 radical (unpaired) electrons. The number of carbonyl (C=O) groups excluding carboxylic acids is 1. The Bertz CT molecular complexity index is 372. The lowest BCUT2D eigenvalue weighted by Gasteiger charge is -2.01. The Morgan fingerprint density at radius 1 is 0.857 bits per heavy atom. The maximum absolute atomic E-state index is 10.1. The van der Waals surface area contributed by atoms with Crippen LogP contribution in [-0.4, -0.2) is 11.3 Å². The van der Waals surface area contributed by atoms with Crippen molar-refractivity contribution in [2.45, 2.75) is 70.6 Å². The third-order valence-electron chi connectivity index (χ3n) is 3.67. The van der Waals surface area contributed by atoms with E-state index in [4.69, 9.17) is 0 Å². The zero-order valence-electron chi connectivity index (χ0n) is 13.2. The fourth-order valence-corrected chi connectivity index (χ4v) is 2.39. The van der Waals surface area contributed by atoms with Crippen LogP contribution in [0.4, 0.5) is 0 Å². The van der Waals surface area contributed by atoms with Crippen LogP contribution in [-0.2, 0) is 11.2 Å². The molecule has 0 unspecified atom stereocenters. The van der Waals surface area contributed by atoms with E-state index in [1.54, 1.807) is 0 Å². The maximum Gasteiger partial charge on any atom is 0.119 e. The first-order chi connectivity index (χ1) is 10.4. The van der Waals surface area contributed by atoms with Gasteiger partial charge in [0.25, 0.3) is 0 Å². The fraction of sp³-hybridized carbons (Fsp3) is 0.579. The van der Waals surface area contributed by atoms with Crippen molar-refractivity contribution in [3.8, 4) is 0 Å². The highest BCUT2D eigenvalue weighted by molar-refractivity contribution is 5.48. The summed E-state index contributed by atoms with van der Waals surface area (Å²) < 4.78 is 0. The molecule has 1 rings (SSSR count). The minimum atomic E-state index is 0.715. The molecule has 0 saturated heterocycles. The normalized spacial score (nSPS) is 11.0. The molecule has 0 saturated carbocycles. The second-order valence-electron chi connectivity index (χ2n) is 5.59. The highest BCUT2D eigenvalue weighted by atomic mass is 16.1. The van der Waals surface area contributed by atoms with Crippen LogP contribution in [0, 0.1) is 0 Å². The topological polar surface area (TPSA) is 30.0 Å². The van der Waals surface area contributed by atoms with Crippen LogP contribution in [0.3, 0.4) is 0 Å². The molecule has 2 nitrogen and oxygen atoms in total. The first-order valence-electron chi connectivity index (χ1n) is 8.41. The summed E-state index contributed by atoms with van der Waals surface area (Å²) in [5, 5.41) is 0.